The summed E-state index contributed by atoms with van der Waals surface area (Å²) in [6, 6.07) is 15.7. The van der Waals surface area contributed by atoms with Gasteiger partial charge in [-0.2, -0.15) is 4.98 Å². The first-order valence-electron chi connectivity index (χ1n) is 7.33. The van der Waals surface area contributed by atoms with Crippen molar-refractivity contribution in [2.75, 3.05) is 5.32 Å². The lowest BCUT2D eigenvalue weighted by molar-refractivity contribution is 0.619. The second kappa shape index (κ2) is 5.88. The van der Waals surface area contributed by atoms with E-state index in [1.165, 1.54) is 0 Å². The largest absolute Gasteiger partial charge is 0.434 e. The van der Waals surface area contributed by atoms with Crippen LogP contribution in [-0.2, 0) is 6.54 Å². The molecule has 5 nitrogen and oxygen atoms in total. The molecule has 0 atom stereocenters. The molecule has 0 saturated heterocycles. The van der Waals surface area contributed by atoms with E-state index in [0.717, 1.165) is 23.4 Å². The average molecular weight is 302 g/mol. The van der Waals surface area contributed by atoms with Crippen LogP contribution in [0.25, 0.3) is 22.7 Å². The van der Waals surface area contributed by atoms with Crippen molar-refractivity contribution in [1.29, 1.82) is 0 Å². The lowest BCUT2D eigenvalue weighted by Crippen LogP contribution is -1.99. The number of hydrogen-bond donors (Lipinski definition) is 1. The average Bonchev–Trinajstić information content (AvgIpc) is 3.05. The third kappa shape index (κ3) is 2.89. The lowest BCUT2D eigenvalue weighted by Gasteiger charge is -2.06. The number of nitrogens with zero attached hydrogens (tertiary/aromatic N) is 3. The molecule has 0 bridgehead atoms. The van der Waals surface area contributed by atoms with Gasteiger partial charge in [-0.3, -0.25) is 4.98 Å². The number of oxazole rings is 1. The maximum absolute atomic E-state index is 5.72. The van der Waals surface area contributed by atoms with Crippen LogP contribution in [0.5, 0.6) is 0 Å². The smallest absolute Gasteiger partial charge is 0.228 e. The standard InChI is InChI=1S/C18H14N4O/c1-3-13(11-19-9-1)12-21-15-7-5-14(6-8-15)18-22-17-16(23-18)4-2-10-20-17/h1-11,21H,12H2. The second-order valence-corrected chi connectivity index (χ2v) is 5.14. The third-order valence-corrected chi connectivity index (χ3v) is 3.52. The normalized spacial score (nSPS) is 10.8. The Bertz CT molecular complexity index is 884. The maximum atomic E-state index is 5.72. The van der Waals surface area contributed by atoms with Crippen LogP contribution >= 0.6 is 0 Å². The van der Waals surface area contributed by atoms with Crippen molar-refractivity contribution in [3.05, 3.63) is 72.7 Å². The minimum Gasteiger partial charge on any atom is -0.434 e. The first-order valence-corrected chi connectivity index (χ1v) is 7.33. The highest BCUT2D eigenvalue weighted by molar-refractivity contribution is 5.72. The monoisotopic (exact) mass is 302 g/mol. The minimum absolute atomic E-state index is 0.581. The number of pyridine rings is 2. The van der Waals surface area contributed by atoms with Gasteiger partial charge in [-0.05, 0) is 48.0 Å². The van der Waals surface area contributed by atoms with Crippen molar-refractivity contribution in [3.63, 3.8) is 0 Å². The Kier molecular flexibility index (Phi) is 3.44. The van der Waals surface area contributed by atoms with Gasteiger partial charge in [0.15, 0.2) is 11.2 Å². The summed E-state index contributed by atoms with van der Waals surface area (Å²) >= 11 is 0. The van der Waals surface area contributed by atoms with Crippen molar-refractivity contribution < 1.29 is 4.42 Å². The molecule has 0 saturated carbocycles. The van der Waals surface area contributed by atoms with E-state index in [1.807, 2.05) is 54.7 Å². The van der Waals surface area contributed by atoms with Crippen LogP contribution in [0.2, 0.25) is 0 Å². The number of fused-ring (bicyclic) bond motifs is 1. The van der Waals surface area contributed by atoms with E-state index in [2.05, 4.69) is 20.3 Å². The summed E-state index contributed by atoms with van der Waals surface area (Å²) in [4.78, 5) is 12.7. The molecular weight excluding hydrogens is 288 g/mol. The number of nitrogens with one attached hydrogen (secondary N) is 1. The summed E-state index contributed by atoms with van der Waals surface area (Å²) < 4.78 is 5.72. The number of hydrogen-bond acceptors (Lipinski definition) is 5. The van der Waals surface area contributed by atoms with E-state index in [1.54, 1.807) is 12.4 Å². The SMILES string of the molecule is c1cncc(CNc2ccc(-c3nc4ncccc4o3)cc2)c1. The van der Waals surface area contributed by atoms with Gasteiger partial charge in [-0.1, -0.05) is 6.07 Å². The summed E-state index contributed by atoms with van der Waals surface area (Å²) in [5, 5.41) is 3.36. The van der Waals surface area contributed by atoms with E-state index in [0.29, 0.717) is 17.1 Å². The molecule has 3 heterocycles. The minimum atomic E-state index is 0.581. The van der Waals surface area contributed by atoms with Gasteiger partial charge in [-0.25, -0.2) is 4.98 Å². The first kappa shape index (κ1) is 13.5. The van der Waals surface area contributed by atoms with Crippen molar-refractivity contribution in [2.24, 2.45) is 0 Å². The van der Waals surface area contributed by atoms with Gasteiger partial charge in [0.1, 0.15) is 0 Å². The van der Waals surface area contributed by atoms with Crippen molar-refractivity contribution in [2.45, 2.75) is 6.54 Å². The summed E-state index contributed by atoms with van der Waals surface area (Å²) in [5.74, 6) is 0.581. The Morgan fingerprint density at radius 1 is 0.957 bits per heavy atom. The molecular formula is C18H14N4O. The number of anilines is 1. The molecule has 4 aromatic rings. The molecule has 0 amide bonds. The molecule has 112 valence electrons. The number of benzene rings is 1. The number of aromatic nitrogens is 3. The van der Waals surface area contributed by atoms with E-state index < -0.39 is 0 Å². The molecule has 0 aliphatic heterocycles. The summed E-state index contributed by atoms with van der Waals surface area (Å²) in [5.41, 5.74) is 4.42. The second-order valence-electron chi connectivity index (χ2n) is 5.14. The Balaban J connectivity index is 1.51. The van der Waals surface area contributed by atoms with Gasteiger partial charge in [0.25, 0.3) is 0 Å². The van der Waals surface area contributed by atoms with E-state index in [4.69, 9.17) is 4.42 Å². The zero-order valence-corrected chi connectivity index (χ0v) is 12.3. The molecule has 0 aliphatic rings. The predicted molar refractivity (Wildman–Crippen MR) is 88.8 cm³/mol. The van der Waals surface area contributed by atoms with Crippen LogP contribution in [0.4, 0.5) is 5.69 Å². The summed E-state index contributed by atoms with van der Waals surface area (Å²) in [7, 11) is 0. The van der Waals surface area contributed by atoms with Crippen LogP contribution in [0, 0.1) is 0 Å². The van der Waals surface area contributed by atoms with E-state index in [-0.39, 0.29) is 0 Å². The first-order chi connectivity index (χ1) is 11.4. The highest BCUT2D eigenvalue weighted by Gasteiger charge is 2.08. The molecule has 23 heavy (non-hydrogen) atoms. The van der Waals surface area contributed by atoms with Crippen LogP contribution in [0.3, 0.4) is 0 Å². The summed E-state index contributed by atoms with van der Waals surface area (Å²) in [6.45, 7) is 0.736. The molecule has 4 rings (SSSR count). The van der Waals surface area contributed by atoms with Crippen molar-refractivity contribution in [1.82, 2.24) is 15.0 Å². The third-order valence-electron chi connectivity index (χ3n) is 3.52. The van der Waals surface area contributed by atoms with E-state index >= 15 is 0 Å². The van der Waals surface area contributed by atoms with Crippen LogP contribution < -0.4 is 5.32 Å². The quantitative estimate of drug-likeness (QED) is 0.619. The Labute approximate surface area is 133 Å². The van der Waals surface area contributed by atoms with Gasteiger partial charge >= 0.3 is 0 Å². The zero-order chi connectivity index (χ0) is 15.5. The highest BCUT2D eigenvalue weighted by atomic mass is 16.3. The molecule has 1 N–H and O–H groups in total. The fourth-order valence-electron chi connectivity index (χ4n) is 2.33. The van der Waals surface area contributed by atoms with Crippen LogP contribution in [0.15, 0.2) is 71.5 Å². The molecule has 1 aromatic carbocycles. The lowest BCUT2D eigenvalue weighted by atomic mass is 10.2. The molecule has 3 aromatic heterocycles. The molecule has 0 fully saturated rings. The topological polar surface area (TPSA) is 63.8 Å². The Morgan fingerprint density at radius 2 is 1.83 bits per heavy atom. The molecule has 0 unspecified atom stereocenters. The zero-order valence-electron chi connectivity index (χ0n) is 12.3. The van der Waals surface area contributed by atoms with Crippen LogP contribution in [-0.4, -0.2) is 15.0 Å². The molecule has 0 spiro atoms. The van der Waals surface area contributed by atoms with Gasteiger partial charge in [0, 0.05) is 36.4 Å². The Hall–Kier alpha value is -3.21. The predicted octanol–water partition coefficient (Wildman–Crippen LogP) is 3.90. The van der Waals surface area contributed by atoms with Crippen molar-refractivity contribution >= 4 is 16.9 Å². The molecule has 5 heteroatoms. The van der Waals surface area contributed by atoms with Gasteiger partial charge in [0.05, 0.1) is 0 Å². The summed E-state index contributed by atoms with van der Waals surface area (Å²) in [6.07, 6.45) is 5.33. The molecule has 0 radical (unpaired) electrons. The van der Waals surface area contributed by atoms with Crippen LogP contribution in [0.1, 0.15) is 5.56 Å². The van der Waals surface area contributed by atoms with Gasteiger partial charge in [-0.15, -0.1) is 0 Å². The Morgan fingerprint density at radius 3 is 2.61 bits per heavy atom. The van der Waals surface area contributed by atoms with E-state index in [9.17, 15) is 0 Å². The molecule has 0 aliphatic carbocycles. The van der Waals surface area contributed by atoms with Gasteiger partial charge < -0.3 is 9.73 Å². The highest BCUT2D eigenvalue weighted by Crippen LogP contribution is 2.24. The fraction of sp³-hybridized carbons (Fsp3) is 0.0556. The van der Waals surface area contributed by atoms with Crippen molar-refractivity contribution in [3.8, 4) is 11.5 Å². The number of rotatable bonds is 4. The van der Waals surface area contributed by atoms with Gasteiger partial charge in [0.2, 0.25) is 5.89 Å². The fourth-order valence-corrected chi connectivity index (χ4v) is 2.33. The maximum Gasteiger partial charge on any atom is 0.228 e.